The predicted octanol–water partition coefficient (Wildman–Crippen LogP) is 4.04. The van der Waals surface area contributed by atoms with Crippen molar-refractivity contribution in [3.05, 3.63) is 78.4 Å². The molecule has 2 aromatic carbocycles. The van der Waals surface area contributed by atoms with Gasteiger partial charge in [0.1, 0.15) is 23.8 Å². The molecule has 4 aromatic rings. The van der Waals surface area contributed by atoms with Crippen LogP contribution in [0.25, 0.3) is 22.0 Å². The van der Waals surface area contributed by atoms with E-state index in [4.69, 9.17) is 0 Å². The minimum absolute atomic E-state index is 0.0565. The number of pyridine rings is 1. The Kier molecular flexibility index (Phi) is 6.68. The maximum absolute atomic E-state index is 14.2. The molecular weight excluding hydrogens is 480 g/mol. The van der Waals surface area contributed by atoms with Crippen LogP contribution in [0.3, 0.4) is 0 Å². The number of fused-ring (bicyclic) bond motifs is 1. The summed E-state index contributed by atoms with van der Waals surface area (Å²) in [5.41, 5.74) is 3.62. The Morgan fingerprint density at radius 3 is 2.56 bits per heavy atom. The summed E-state index contributed by atoms with van der Waals surface area (Å²) in [4.78, 5) is 18.0. The minimum Gasteiger partial charge on any atom is -0.353 e. The maximum Gasteiger partial charge on any atom is 0.141 e. The highest BCUT2D eigenvalue weighted by Crippen LogP contribution is 2.29. The summed E-state index contributed by atoms with van der Waals surface area (Å²) in [7, 11) is -0.807. The van der Waals surface area contributed by atoms with E-state index in [9.17, 15) is 13.0 Å². The van der Waals surface area contributed by atoms with E-state index >= 15 is 0 Å². The molecule has 3 heterocycles. The second-order valence-electron chi connectivity index (χ2n) is 9.14. The molecule has 9 heteroatoms. The monoisotopic (exact) mass is 507 g/mol. The Morgan fingerprint density at radius 1 is 0.972 bits per heavy atom. The summed E-state index contributed by atoms with van der Waals surface area (Å²) in [6.07, 6.45) is 5.49. The van der Waals surface area contributed by atoms with Gasteiger partial charge in [0.05, 0.1) is 10.4 Å². The van der Waals surface area contributed by atoms with E-state index < -0.39 is 21.2 Å². The van der Waals surface area contributed by atoms with Crippen LogP contribution in [-0.2, 0) is 15.9 Å². The fourth-order valence-corrected chi connectivity index (χ4v) is 5.96. The minimum atomic E-state index is -2.93. The average molecular weight is 508 g/mol. The summed E-state index contributed by atoms with van der Waals surface area (Å²) in [6, 6.07) is 11.1. The van der Waals surface area contributed by atoms with Gasteiger partial charge in [0.15, 0.2) is 0 Å². The number of halogens is 2. The van der Waals surface area contributed by atoms with Crippen LogP contribution in [0.2, 0.25) is 0 Å². The van der Waals surface area contributed by atoms with Crippen molar-refractivity contribution in [1.82, 2.24) is 19.9 Å². The van der Waals surface area contributed by atoms with Crippen LogP contribution in [0.15, 0.2) is 66.1 Å². The highest BCUT2D eigenvalue weighted by Gasteiger charge is 2.19. The molecular formula is C27H27F2N5OS. The lowest BCUT2D eigenvalue weighted by atomic mass is 10.0. The standard InChI is InChI=1S/C27H27F2N5OS/c1-33-8-10-34(11-9-33)27-23-14-20(3-5-25(23)31-18-32-27)21-13-19(16-30-17-21)7-12-36(2,35)26-6-4-22(28)15-24(26)29/h3-6,13-18H,2,7-12H2,1H3. The van der Waals surface area contributed by atoms with E-state index in [1.165, 1.54) is 6.07 Å². The molecule has 1 unspecified atom stereocenters. The van der Waals surface area contributed by atoms with Crippen molar-refractivity contribution in [1.29, 1.82) is 0 Å². The van der Waals surface area contributed by atoms with Crippen LogP contribution in [0.1, 0.15) is 5.56 Å². The highest BCUT2D eigenvalue weighted by atomic mass is 32.2. The molecule has 186 valence electrons. The number of nitrogens with zero attached hydrogens (tertiary/aromatic N) is 5. The summed E-state index contributed by atoms with van der Waals surface area (Å²) in [5, 5.41) is 0.984. The highest BCUT2D eigenvalue weighted by molar-refractivity contribution is 8.00. The van der Waals surface area contributed by atoms with Gasteiger partial charge >= 0.3 is 0 Å². The molecule has 1 atom stereocenters. The number of piperazine rings is 1. The Balaban J connectivity index is 1.40. The molecule has 0 N–H and O–H groups in total. The second kappa shape index (κ2) is 9.91. The van der Waals surface area contributed by atoms with Crippen molar-refractivity contribution in [3.63, 3.8) is 0 Å². The van der Waals surface area contributed by atoms with Gasteiger partial charge < -0.3 is 9.80 Å². The molecule has 1 saturated heterocycles. The van der Waals surface area contributed by atoms with Crippen molar-refractivity contribution in [2.45, 2.75) is 11.3 Å². The molecule has 0 radical (unpaired) electrons. The van der Waals surface area contributed by atoms with Gasteiger partial charge in [-0.25, -0.2) is 18.7 Å². The molecule has 0 spiro atoms. The van der Waals surface area contributed by atoms with Gasteiger partial charge in [-0.3, -0.25) is 9.19 Å². The number of anilines is 1. The number of hydrogen-bond donors (Lipinski definition) is 0. The molecule has 0 saturated carbocycles. The smallest absolute Gasteiger partial charge is 0.141 e. The van der Waals surface area contributed by atoms with E-state index in [-0.39, 0.29) is 10.6 Å². The lowest BCUT2D eigenvalue weighted by Gasteiger charge is -2.33. The summed E-state index contributed by atoms with van der Waals surface area (Å²) < 4.78 is 40.5. The fourth-order valence-electron chi connectivity index (χ4n) is 4.44. The molecule has 6 nitrogen and oxygen atoms in total. The third-order valence-electron chi connectivity index (χ3n) is 6.56. The molecule has 36 heavy (non-hydrogen) atoms. The normalized spacial score (nSPS) is 16.2. The van der Waals surface area contributed by atoms with Crippen LogP contribution in [-0.4, -0.2) is 68.9 Å². The number of hydrogen-bond acceptors (Lipinski definition) is 6. The predicted molar refractivity (Wildman–Crippen MR) is 141 cm³/mol. The zero-order chi connectivity index (χ0) is 25.3. The Labute approximate surface area is 209 Å². The number of benzene rings is 2. The number of aryl methyl sites for hydroxylation is 1. The van der Waals surface area contributed by atoms with Crippen molar-refractivity contribution in [3.8, 4) is 11.1 Å². The molecule has 2 aromatic heterocycles. The lowest BCUT2D eigenvalue weighted by molar-refractivity contribution is 0.312. The molecule has 0 aliphatic carbocycles. The van der Waals surface area contributed by atoms with Crippen molar-refractivity contribution < 1.29 is 13.0 Å². The fraction of sp³-hybridized carbons (Fsp3) is 0.259. The van der Waals surface area contributed by atoms with Crippen LogP contribution in [0.5, 0.6) is 0 Å². The molecule has 1 fully saturated rings. The lowest BCUT2D eigenvalue weighted by Crippen LogP contribution is -2.44. The first-order valence-electron chi connectivity index (χ1n) is 11.7. The van der Waals surface area contributed by atoms with Gasteiger partial charge in [-0.15, -0.1) is 0 Å². The summed E-state index contributed by atoms with van der Waals surface area (Å²) in [5.74, 6) is 3.25. The molecule has 1 aliphatic rings. The van der Waals surface area contributed by atoms with Crippen LogP contribution in [0.4, 0.5) is 14.6 Å². The Hall–Kier alpha value is -3.43. The average Bonchev–Trinajstić information content (AvgIpc) is 2.87. The van der Waals surface area contributed by atoms with Crippen molar-refractivity contribution in [2.75, 3.05) is 43.9 Å². The van der Waals surface area contributed by atoms with Gasteiger partial charge in [0.25, 0.3) is 0 Å². The van der Waals surface area contributed by atoms with E-state index in [1.54, 1.807) is 18.7 Å². The first-order valence-corrected chi connectivity index (χ1v) is 13.6. The summed E-state index contributed by atoms with van der Waals surface area (Å²) >= 11 is 0. The van der Waals surface area contributed by atoms with E-state index in [0.29, 0.717) is 6.42 Å². The van der Waals surface area contributed by atoms with Gasteiger partial charge in [0.2, 0.25) is 0 Å². The van der Waals surface area contributed by atoms with Crippen LogP contribution >= 0.6 is 0 Å². The van der Waals surface area contributed by atoms with Crippen molar-refractivity contribution in [2.24, 2.45) is 0 Å². The molecule has 0 amide bonds. The second-order valence-corrected chi connectivity index (χ2v) is 11.6. The Bertz CT molecular complexity index is 1520. The van der Waals surface area contributed by atoms with Crippen LogP contribution in [0, 0.1) is 11.6 Å². The first kappa shape index (κ1) is 24.3. The SMILES string of the molecule is C=S(=O)(CCc1cncc(-c2ccc3ncnc(N4CCN(C)CC4)c3c2)c1)c1ccc(F)cc1F. The van der Waals surface area contributed by atoms with Crippen LogP contribution < -0.4 is 4.90 Å². The Morgan fingerprint density at radius 2 is 1.78 bits per heavy atom. The number of likely N-dealkylation sites (N-methyl/N-ethyl adjacent to an activating group) is 1. The zero-order valence-electron chi connectivity index (χ0n) is 20.0. The molecule has 0 bridgehead atoms. The van der Waals surface area contributed by atoms with Crippen molar-refractivity contribution >= 4 is 32.1 Å². The summed E-state index contributed by atoms with van der Waals surface area (Å²) in [6.45, 7) is 3.77. The number of aromatic nitrogens is 3. The van der Waals surface area contributed by atoms with E-state index in [1.807, 2.05) is 18.2 Å². The van der Waals surface area contributed by atoms with E-state index in [0.717, 1.165) is 71.7 Å². The van der Waals surface area contributed by atoms with Gasteiger partial charge in [0, 0.05) is 61.3 Å². The number of rotatable bonds is 6. The quantitative estimate of drug-likeness (QED) is 0.367. The largest absolute Gasteiger partial charge is 0.353 e. The zero-order valence-corrected chi connectivity index (χ0v) is 20.8. The molecule has 5 rings (SSSR count). The van der Waals surface area contributed by atoms with Gasteiger partial charge in [-0.05, 0) is 70.3 Å². The maximum atomic E-state index is 14.2. The van der Waals surface area contributed by atoms with Gasteiger partial charge in [-0.2, -0.15) is 0 Å². The first-order chi connectivity index (χ1) is 17.3. The molecule has 1 aliphatic heterocycles. The van der Waals surface area contributed by atoms with E-state index in [2.05, 4.69) is 43.7 Å². The third-order valence-corrected chi connectivity index (χ3v) is 8.56. The van der Waals surface area contributed by atoms with Gasteiger partial charge in [-0.1, -0.05) is 6.07 Å². The topological polar surface area (TPSA) is 62.2 Å². The third kappa shape index (κ3) is 5.08.